The van der Waals surface area contributed by atoms with E-state index >= 15 is 0 Å². The highest BCUT2D eigenvalue weighted by Crippen LogP contribution is 2.20. The number of nitrogens with one attached hydrogen (secondary N) is 1. The Morgan fingerprint density at radius 1 is 1.20 bits per heavy atom. The molecule has 0 aliphatic carbocycles. The van der Waals surface area contributed by atoms with Gasteiger partial charge in [0.05, 0.1) is 17.2 Å². The predicted octanol–water partition coefficient (Wildman–Crippen LogP) is 3.36. The monoisotopic (exact) mass is 297 g/mol. The van der Waals surface area contributed by atoms with E-state index in [1.54, 1.807) is 18.2 Å². The maximum atomic E-state index is 13.6. The molecule has 0 heterocycles. The van der Waals surface area contributed by atoms with Crippen molar-refractivity contribution in [2.45, 2.75) is 6.61 Å². The molecule has 2 rings (SSSR count). The fourth-order valence-corrected chi connectivity index (χ4v) is 1.79. The van der Waals surface area contributed by atoms with Crippen molar-refractivity contribution in [3.63, 3.8) is 0 Å². The third-order valence-electron chi connectivity index (χ3n) is 2.62. The van der Waals surface area contributed by atoms with Crippen molar-refractivity contribution < 1.29 is 18.7 Å². The van der Waals surface area contributed by atoms with Crippen molar-refractivity contribution in [2.75, 3.05) is 5.32 Å². The first kappa shape index (κ1) is 14.4. The van der Waals surface area contributed by atoms with E-state index in [4.69, 9.17) is 16.7 Å². The molecule has 0 saturated heterocycles. The molecule has 0 spiro atoms. The molecule has 2 aromatic rings. The van der Waals surface area contributed by atoms with Crippen LogP contribution in [0, 0.1) is 11.6 Å². The fourth-order valence-electron chi connectivity index (χ4n) is 1.64. The topological polar surface area (TPSA) is 49.3 Å². The second-order valence-corrected chi connectivity index (χ2v) is 4.47. The highest BCUT2D eigenvalue weighted by Gasteiger charge is 2.15. The van der Waals surface area contributed by atoms with Gasteiger partial charge in [0.25, 0.3) is 5.91 Å². The van der Waals surface area contributed by atoms with Crippen LogP contribution in [0.25, 0.3) is 0 Å². The first-order valence-corrected chi connectivity index (χ1v) is 6.04. The lowest BCUT2D eigenvalue weighted by atomic mass is 10.1. The summed E-state index contributed by atoms with van der Waals surface area (Å²) in [6.07, 6.45) is 0. The minimum Gasteiger partial charge on any atom is -0.392 e. The summed E-state index contributed by atoms with van der Waals surface area (Å²) in [7, 11) is 0. The average Bonchev–Trinajstić information content (AvgIpc) is 2.43. The number of hydrogen-bond acceptors (Lipinski definition) is 2. The molecule has 2 aromatic carbocycles. The van der Waals surface area contributed by atoms with Crippen LogP contribution in [0.4, 0.5) is 14.5 Å². The number of aliphatic hydroxyl groups excluding tert-OH is 1. The number of rotatable bonds is 3. The summed E-state index contributed by atoms with van der Waals surface area (Å²) in [6, 6.07) is 7.88. The van der Waals surface area contributed by atoms with Gasteiger partial charge >= 0.3 is 0 Å². The van der Waals surface area contributed by atoms with Gasteiger partial charge in [0.15, 0.2) is 0 Å². The molecule has 0 aliphatic heterocycles. The Morgan fingerprint density at radius 3 is 2.65 bits per heavy atom. The van der Waals surface area contributed by atoms with Crippen molar-refractivity contribution in [2.24, 2.45) is 0 Å². The smallest absolute Gasteiger partial charge is 0.258 e. The molecule has 20 heavy (non-hydrogen) atoms. The van der Waals surface area contributed by atoms with Gasteiger partial charge in [-0.05, 0) is 29.8 Å². The van der Waals surface area contributed by atoms with E-state index in [0.29, 0.717) is 11.3 Å². The van der Waals surface area contributed by atoms with Gasteiger partial charge in [0, 0.05) is 5.69 Å². The Morgan fingerprint density at radius 2 is 1.95 bits per heavy atom. The molecule has 0 unspecified atom stereocenters. The summed E-state index contributed by atoms with van der Waals surface area (Å²) in [5.74, 6) is -2.58. The molecule has 0 saturated carbocycles. The van der Waals surface area contributed by atoms with Crippen LogP contribution in [-0.2, 0) is 6.61 Å². The van der Waals surface area contributed by atoms with E-state index in [9.17, 15) is 13.6 Å². The van der Waals surface area contributed by atoms with Gasteiger partial charge in [-0.3, -0.25) is 4.79 Å². The Hall–Kier alpha value is -1.98. The number of amides is 1. The van der Waals surface area contributed by atoms with Crippen LogP contribution < -0.4 is 5.32 Å². The molecule has 0 fully saturated rings. The van der Waals surface area contributed by atoms with Crippen LogP contribution in [0.3, 0.4) is 0 Å². The van der Waals surface area contributed by atoms with Crippen LogP contribution >= 0.6 is 11.6 Å². The van der Waals surface area contributed by atoms with Crippen LogP contribution in [0.15, 0.2) is 36.4 Å². The molecular weight excluding hydrogens is 288 g/mol. The van der Waals surface area contributed by atoms with Crippen molar-refractivity contribution in [3.05, 3.63) is 64.2 Å². The Labute approximate surface area is 118 Å². The summed E-state index contributed by atoms with van der Waals surface area (Å²) in [5.41, 5.74) is 0.517. The van der Waals surface area contributed by atoms with E-state index in [0.717, 1.165) is 12.1 Å². The molecule has 2 N–H and O–H groups in total. The van der Waals surface area contributed by atoms with Gasteiger partial charge < -0.3 is 10.4 Å². The summed E-state index contributed by atoms with van der Waals surface area (Å²) in [4.78, 5) is 11.9. The van der Waals surface area contributed by atoms with Crippen LogP contribution in [0.1, 0.15) is 15.9 Å². The normalized spacial score (nSPS) is 10.4. The number of hydrogen-bond donors (Lipinski definition) is 2. The summed E-state index contributed by atoms with van der Waals surface area (Å²) >= 11 is 5.42. The summed E-state index contributed by atoms with van der Waals surface area (Å²) < 4.78 is 26.8. The highest BCUT2D eigenvalue weighted by atomic mass is 35.5. The molecule has 0 atom stereocenters. The van der Waals surface area contributed by atoms with Gasteiger partial charge in [-0.2, -0.15) is 0 Å². The van der Waals surface area contributed by atoms with Crippen molar-refractivity contribution in [1.82, 2.24) is 0 Å². The minimum atomic E-state index is -0.910. The second kappa shape index (κ2) is 5.98. The Kier molecular flexibility index (Phi) is 4.32. The van der Waals surface area contributed by atoms with Crippen molar-refractivity contribution in [1.29, 1.82) is 0 Å². The van der Waals surface area contributed by atoms with E-state index in [-0.39, 0.29) is 11.6 Å². The first-order valence-electron chi connectivity index (χ1n) is 5.67. The average molecular weight is 298 g/mol. The van der Waals surface area contributed by atoms with E-state index in [1.807, 2.05) is 0 Å². The zero-order valence-corrected chi connectivity index (χ0v) is 10.9. The van der Waals surface area contributed by atoms with Gasteiger partial charge in [-0.15, -0.1) is 0 Å². The molecule has 0 aromatic heterocycles. The van der Waals surface area contributed by atoms with E-state index in [2.05, 4.69) is 5.32 Å². The maximum absolute atomic E-state index is 13.6. The fraction of sp³-hybridized carbons (Fsp3) is 0.0714. The van der Waals surface area contributed by atoms with Gasteiger partial charge in [0.2, 0.25) is 0 Å². The zero-order chi connectivity index (χ0) is 14.7. The number of benzene rings is 2. The molecule has 104 valence electrons. The molecule has 0 radical (unpaired) electrons. The SMILES string of the molecule is O=C(Nc1cccc(CO)c1)c1cc(F)c(Cl)cc1F. The molecular formula is C14H10ClF2NO2. The number of carbonyl (C=O) groups excluding carboxylic acids is 1. The van der Waals surface area contributed by atoms with E-state index < -0.39 is 23.1 Å². The van der Waals surface area contributed by atoms with Crippen molar-refractivity contribution >= 4 is 23.2 Å². The minimum absolute atomic E-state index is 0.187. The van der Waals surface area contributed by atoms with Gasteiger partial charge in [0.1, 0.15) is 11.6 Å². The standard InChI is InChI=1S/C14H10ClF2NO2/c15-11-6-12(16)10(5-13(11)17)14(20)18-9-3-1-2-8(4-9)7-19/h1-6,19H,7H2,(H,18,20). The molecule has 0 aliphatic rings. The summed E-state index contributed by atoms with van der Waals surface area (Å²) in [6.45, 7) is -0.187. The Bertz CT molecular complexity index is 662. The first-order chi connectivity index (χ1) is 9.51. The van der Waals surface area contributed by atoms with E-state index in [1.165, 1.54) is 6.07 Å². The zero-order valence-electron chi connectivity index (χ0n) is 10.2. The lowest BCUT2D eigenvalue weighted by Crippen LogP contribution is -2.14. The largest absolute Gasteiger partial charge is 0.392 e. The third-order valence-corrected chi connectivity index (χ3v) is 2.91. The molecule has 0 bridgehead atoms. The van der Waals surface area contributed by atoms with Crippen LogP contribution in [-0.4, -0.2) is 11.0 Å². The summed E-state index contributed by atoms with van der Waals surface area (Å²) in [5, 5.41) is 11.0. The predicted molar refractivity (Wildman–Crippen MR) is 71.7 cm³/mol. The maximum Gasteiger partial charge on any atom is 0.258 e. The molecule has 6 heteroatoms. The second-order valence-electron chi connectivity index (χ2n) is 4.06. The van der Waals surface area contributed by atoms with Gasteiger partial charge in [-0.25, -0.2) is 8.78 Å². The lowest BCUT2D eigenvalue weighted by molar-refractivity contribution is 0.102. The van der Waals surface area contributed by atoms with Crippen LogP contribution in [0.5, 0.6) is 0 Å². The van der Waals surface area contributed by atoms with Crippen molar-refractivity contribution in [3.8, 4) is 0 Å². The third kappa shape index (κ3) is 3.12. The quantitative estimate of drug-likeness (QED) is 0.854. The molecule has 1 amide bonds. The number of anilines is 1. The number of carbonyl (C=O) groups is 1. The molecule has 3 nitrogen and oxygen atoms in total. The lowest BCUT2D eigenvalue weighted by Gasteiger charge is -2.08. The van der Waals surface area contributed by atoms with Crippen LogP contribution in [0.2, 0.25) is 5.02 Å². The highest BCUT2D eigenvalue weighted by molar-refractivity contribution is 6.30. The number of aliphatic hydroxyl groups is 1. The Balaban J connectivity index is 2.26. The van der Waals surface area contributed by atoms with Gasteiger partial charge in [-0.1, -0.05) is 23.7 Å². The number of halogens is 3.